The Balaban J connectivity index is 2.48. The number of amides is 2. The van der Waals surface area contributed by atoms with Gasteiger partial charge in [-0.3, -0.25) is 14.4 Å². The molecule has 6 heteroatoms. The fourth-order valence-electron chi connectivity index (χ4n) is 2.42. The number of nitrogens with zero attached hydrogens (tertiary/aromatic N) is 1. The van der Waals surface area contributed by atoms with Gasteiger partial charge in [0.1, 0.15) is 0 Å². The maximum Gasteiger partial charge on any atom is 0.303 e. The summed E-state index contributed by atoms with van der Waals surface area (Å²) in [5.41, 5.74) is 0. The zero-order chi connectivity index (χ0) is 14.4. The molecule has 1 rings (SSSR count). The zero-order valence-electron chi connectivity index (χ0n) is 11.5. The average Bonchev–Trinajstić information content (AvgIpc) is 2.36. The van der Waals surface area contributed by atoms with Crippen LogP contribution < -0.4 is 5.32 Å². The van der Waals surface area contributed by atoms with E-state index in [1.54, 1.807) is 18.9 Å². The van der Waals surface area contributed by atoms with Crippen molar-refractivity contribution < 1.29 is 19.5 Å². The van der Waals surface area contributed by atoms with Gasteiger partial charge < -0.3 is 15.3 Å². The van der Waals surface area contributed by atoms with E-state index in [9.17, 15) is 14.4 Å². The highest BCUT2D eigenvalue weighted by molar-refractivity contribution is 5.81. The Hall–Kier alpha value is -1.59. The molecule has 2 N–H and O–H groups in total. The van der Waals surface area contributed by atoms with E-state index in [2.05, 4.69) is 5.32 Å². The first kappa shape index (κ1) is 15.5. The van der Waals surface area contributed by atoms with Crippen LogP contribution in [0.25, 0.3) is 0 Å². The summed E-state index contributed by atoms with van der Waals surface area (Å²) in [4.78, 5) is 35.9. The number of hydrogen-bond donors (Lipinski definition) is 2. The Morgan fingerprint density at radius 1 is 1.37 bits per heavy atom. The van der Waals surface area contributed by atoms with E-state index in [4.69, 9.17) is 5.11 Å². The summed E-state index contributed by atoms with van der Waals surface area (Å²) in [6.45, 7) is 2.86. The molecule has 0 aromatic heterocycles. The van der Waals surface area contributed by atoms with E-state index in [0.29, 0.717) is 13.1 Å². The molecular weight excluding hydrogens is 248 g/mol. The Kier molecular flexibility index (Phi) is 5.79. The molecule has 0 spiro atoms. The van der Waals surface area contributed by atoms with Crippen LogP contribution in [-0.2, 0) is 14.4 Å². The number of likely N-dealkylation sites (tertiary alicyclic amines) is 1. The number of carbonyl (C=O) groups is 3. The summed E-state index contributed by atoms with van der Waals surface area (Å²) < 4.78 is 0. The fourth-order valence-corrected chi connectivity index (χ4v) is 2.42. The molecule has 0 bridgehead atoms. The quantitative estimate of drug-likeness (QED) is 0.760. The highest BCUT2D eigenvalue weighted by atomic mass is 16.4. The topological polar surface area (TPSA) is 86.7 Å². The molecule has 0 radical (unpaired) electrons. The van der Waals surface area contributed by atoms with Gasteiger partial charge in [0.05, 0.1) is 5.92 Å². The van der Waals surface area contributed by atoms with Crippen LogP contribution in [0.5, 0.6) is 0 Å². The summed E-state index contributed by atoms with van der Waals surface area (Å²) in [5.74, 6) is -1.29. The molecule has 1 heterocycles. The standard InChI is InChI=1S/C13H22N2O4/c1-9(7-12(17)18)6-11(16)15-5-3-4-10(8-15)13(19)14-2/h9-10H,3-8H2,1-2H3,(H,14,19)(H,17,18). The first-order valence-electron chi connectivity index (χ1n) is 6.65. The molecule has 0 aliphatic carbocycles. The van der Waals surface area contributed by atoms with Crippen LogP contribution in [0.3, 0.4) is 0 Å². The first-order chi connectivity index (χ1) is 8.93. The van der Waals surface area contributed by atoms with Gasteiger partial charge in [0.2, 0.25) is 11.8 Å². The molecule has 19 heavy (non-hydrogen) atoms. The number of aliphatic carboxylic acids is 1. The zero-order valence-corrected chi connectivity index (χ0v) is 11.5. The lowest BCUT2D eigenvalue weighted by Crippen LogP contribution is -2.45. The van der Waals surface area contributed by atoms with Crippen molar-refractivity contribution in [2.45, 2.75) is 32.6 Å². The van der Waals surface area contributed by atoms with E-state index in [0.717, 1.165) is 12.8 Å². The summed E-state index contributed by atoms with van der Waals surface area (Å²) in [5, 5.41) is 11.3. The molecule has 0 saturated carbocycles. The number of carboxylic acids is 1. The minimum atomic E-state index is -0.887. The lowest BCUT2D eigenvalue weighted by molar-refractivity contribution is -0.139. The van der Waals surface area contributed by atoms with Gasteiger partial charge in [0.25, 0.3) is 0 Å². The van der Waals surface area contributed by atoms with Gasteiger partial charge in [-0.2, -0.15) is 0 Å². The van der Waals surface area contributed by atoms with Gasteiger partial charge in [-0.05, 0) is 18.8 Å². The predicted molar refractivity (Wildman–Crippen MR) is 69.4 cm³/mol. The number of nitrogens with one attached hydrogen (secondary N) is 1. The summed E-state index contributed by atoms with van der Waals surface area (Å²) >= 11 is 0. The lowest BCUT2D eigenvalue weighted by atomic mass is 9.95. The van der Waals surface area contributed by atoms with Crippen LogP contribution in [0.2, 0.25) is 0 Å². The van der Waals surface area contributed by atoms with Crippen molar-refractivity contribution in [3.05, 3.63) is 0 Å². The van der Waals surface area contributed by atoms with Gasteiger partial charge >= 0.3 is 5.97 Å². The minimum absolute atomic E-state index is 0.00153. The third-order valence-corrected chi connectivity index (χ3v) is 3.44. The largest absolute Gasteiger partial charge is 0.481 e. The smallest absolute Gasteiger partial charge is 0.303 e. The van der Waals surface area contributed by atoms with Crippen molar-refractivity contribution in [1.29, 1.82) is 0 Å². The maximum absolute atomic E-state index is 12.0. The van der Waals surface area contributed by atoms with Crippen molar-refractivity contribution in [1.82, 2.24) is 10.2 Å². The summed E-state index contributed by atoms with van der Waals surface area (Å²) in [7, 11) is 1.60. The van der Waals surface area contributed by atoms with Gasteiger partial charge in [-0.25, -0.2) is 0 Å². The number of hydrogen-bond acceptors (Lipinski definition) is 3. The van der Waals surface area contributed by atoms with Crippen molar-refractivity contribution in [2.24, 2.45) is 11.8 Å². The molecule has 1 aliphatic rings. The molecule has 1 saturated heterocycles. The second kappa shape index (κ2) is 7.11. The normalized spacial score (nSPS) is 20.7. The van der Waals surface area contributed by atoms with Crippen LogP contribution in [0.4, 0.5) is 0 Å². The molecule has 108 valence electrons. The predicted octanol–water partition coefficient (Wildman–Crippen LogP) is 0.472. The van der Waals surface area contributed by atoms with Gasteiger partial charge in [-0.15, -0.1) is 0 Å². The number of piperidine rings is 1. The van der Waals surface area contributed by atoms with Crippen LogP contribution in [0.15, 0.2) is 0 Å². The van der Waals surface area contributed by atoms with Crippen LogP contribution in [-0.4, -0.2) is 47.9 Å². The van der Waals surface area contributed by atoms with Gasteiger partial charge in [0, 0.05) is 33.0 Å². The molecular formula is C13H22N2O4. The Labute approximate surface area is 113 Å². The third-order valence-electron chi connectivity index (χ3n) is 3.44. The first-order valence-corrected chi connectivity index (χ1v) is 6.65. The molecule has 2 amide bonds. The Morgan fingerprint density at radius 2 is 2.05 bits per heavy atom. The summed E-state index contributed by atoms with van der Waals surface area (Å²) in [6, 6.07) is 0. The van der Waals surface area contributed by atoms with Crippen molar-refractivity contribution in [3.63, 3.8) is 0 Å². The second-order valence-corrected chi connectivity index (χ2v) is 5.20. The van der Waals surface area contributed by atoms with Crippen molar-refractivity contribution in [2.75, 3.05) is 20.1 Å². The molecule has 6 nitrogen and oxygen atoms in total. The highest BCUT2D eigenvalue weighted by Gasteiger charge is 2.28. The van der Waals surface area contributed by atoms with Crippen molar-refractivity contribution in [3.8, 4) is 0 Å². The second-order valence-electron chi connectivity index (χ2n) is 5.20. The Bertz CT molecular complexity index is 357. The minimum Gasteiger partial charge on any atom is -0.481 e. The SMILES string of the molecule is CNC(=O)C1CCCN(C(=O)CC(C)CC(=O)O)C1. The van der Waals surface area contributed by atoms with E-state index < -0.39 is 5.97 Å². The van der Waals surface area contributed by atoms with Crippen LogP contribution >= 0.6 is 0 Å². The molecule has 0 aromatic rings. The molecule has 0 aromatic carbocycles. The fraction of sp³-hybridized carbons (Fsp3) is 0.769. The average molecular weight is 270 g/mol. The summed E-state index contributed by atoms with van der Waals surface area (Å²) in [6.07, 6.45) is 1.84. The number of carboxylic acid groups (broad SMARTS) is 1. The molecule has 2 atom stereocenters. The van der Waals surface area contributed by atoms with E-state index >= 15 is 0 Å². The van der Waals surface area contributed by atoms with Crippen LogP contribution in [0, 0.1) is 11.8 Å². The van der Waals surface area contributed by atoms with E-state index in [1.165, 1.54) is 0 Å². The molecule has 1 aliphatic heterocycles. The lowest BCUT2D eigenvalue weighted by Gasteiger charge is -2.32. The monoisotopic (exact) mass is 270 g/mol. The van der Waals surface area contributed by atoms with Gasteiger partial charge in [0.15, 0.2) is 0 Å². The van der Waals surface area contributed by atoms with E-state index in [-0.39, 0.29) is 36.5 Å². The van der Waals surface area contributed by atoms with Gasteiger partial charge in [-0.1, -0.05) is 6.92 Å². The molecule has 1 fully saturated rings. The van der Waals surface area contributed by atoms with Crippen LogP contribution in [0.1, 0.15) is 32.6 Å². The molecule has 2 unspecified atom stereocenters. The number of rotatable bonds is 5. The Morgan fingerprint density at radius 3 is 2.63 bits per heavy atom. The highest BCUT2D eigenvalue weighted by Crippen LogP contribution is 2.19. The van der Waals surface area contributed by atoms with E-state index in [1.807, 2.05) is 0 Å². The maximum atomic E-state index is 12.0. The number of carbonyl (C=O) groups excluding carboxylic acids is 2. The van der Waals surface area contributed by atoms with Crippen molar-refractivity contribution >= 4 is 17.8 Å². The third kappa shape index (κ3) is 4.89.